The summed E-state index contributed by atoms with van der Waals surface area (Å²) in [7, 11) is 0. The maximum atomic E-state index is 11.9. The molecule has 0 spiro atoms. The van der Waals surface area contributed by atoms with E-state index in [-0.39, 0.29) is 30.1 Å². The Balaban J connectivity index is 2.31. The average molecular weight is 321 g/mol. The van der Waals surface area contributed by atoms with E-state index in [0.29, 0.717) is 5.75 Å². The molecule has 1 aromatic carbocycles. The van der Waals surface area contributed by atoms with Crippen LogP contribution in [-0.4, -0.2) is 30.6 Å². The molecule has 0 bridgehead atoms. The van der Waals surface area contributed by atoms with Crippen molar-refractivity contribution in [3.8, 4) is 5.75 Å². The third kappa shape index (κ3) is 8.86. The summed E-state index contributed by atoms with van der Waals surface area (Å²) in [4.78, 5) is 23.5. The molecule has 1 aromatic rings. The van der Waals surface area contributed by atoms with E-state index in [0.717, 1.165) is 6.42 Å². The molecule has 1 rings (SSSR count). The molecule has 0 aromatic heterocycles. The molecule has 0 heterocycles. The van der Waals surface area contributed by atoms with Gasteiger partial charge < -0.3 is 14.8 Å². The summed E-state index contributed by atoms with van der Waals surface area (Å²) < 4.78 is 10.2. The number of rotatable bonds is 7. The first-order valence-corrected chi connectivity index (χ1v) is 7.72. The number of hydrogen-bond donors (Lipinski definition) is 1. The Morgan fingerprint density at radius 3 is 2.17 bits per heavy atom. The van der Waals surface area contributed by atoms with Gasteiger partial charge in [-0.2, -0.15) is 0 Å². The van der Waals surface area contributed by atoms with Crippen LogP contribution in [0.1, 0.15) is 41.0 Å². The maximum absolute atomic E-state index is 11.9. The fraction of sp³-hybridized carbons (Fsp3) is 0.556. The lowest BCUT2D eigenvalue weighted by Gasteiger charge is -2.33. The molecule has 0 aliphatic rings. The van der Waals surface area contributed by atoms with Crippen molar-refractivity contribution in [2.75, 3.05) is 13.2 Å². The summed E-state index contributed by atoms with van der Waals surface area (Å²) in [6, 6.07) is 8.97. The summed E-state index contributed by atoms with van der Waals surface area (Å²) in [5.41, 5.74) is -0.265. The molecule has 0 aliphatic carbocycles. The van der Waals surface area contributed by atoms with Gasteiger partial charge in [-0.25, -0.2) is 4.79 Å². The van der Waals surface area contributed by atoms with Gasteiger partial charge in [0, 0.05) is 5.54 Å². The minimum absolute atomic E-state index is 0.0942. The number of amides is 1. The Bertz CT molecular complexity index is 518. The second-order valence-corrected chi connectivity index (χ2v) is 7.43. The average Bonchev–Trinajstić information content (AvgIpc) is 2.40. The highest BCUT2D eigenvalue weighted by molar-refractivity contribution is 5.81. The van der Waals surface area contributed by atoms with Crippen LogP contribution in [-0.2, 0) is 14.3 Å². The molecule has 0 radical (unpaired) electrons. The normalized spacial score (nSPS) is 11.7. The van der Waals surface area contributed by atoms with Crippen LogP contribution < -0.4 is 10.1 Å². The van der Waals surface area contributed by atoms with E-state index >= 15 is 0 Å². The van der Waals surface area contributed by atoms with E-state index in [1.165, 1.54) is 0 Å². The van der Waals surface area contributed by atoms with E-state index in [2.05, 4.69) is 26.1 Å². The second kappa shape index (κ2) is 7.99. The number of benzene rings is 1. The smallest absolute Gasteiger partial charge is 0.344 e. The van der Waals surface area contributed by atoms with Crippen molar-refractivity contribution < 1.29 is 19.1 Å². The summed E-state index contributed by atoms with van der Waals surface area (Å²) >= 11 is 0. The highest BCUT2D eigenvalue weighted by atomic mass is 16.6. The van der Waals surface area contributed by atoms with E-state index in [9.17, 15) is 9.59 Å². The first-order valence-electron chi connectivity index (χ1n) is 7.72. The van der Waals surface area contributed by atoms with Crippen LogP contribution in [0.2, 0.25) is 0 Å². The third-order valence-corrected chi connectivity index (χ3v) is 2.91. The van der Waals surface area contributed by atoms with Crippen molar-refractivity contribution in [1.29, 1.82) is 0 Å². The molecule has 0 fully saturated rings. The zero-order valence-corrected chi connectivity index (χ0v) is 14.6. The Kier molecular flexibility index (Phi) is 6.61. The molecule has 5 nitrogen and oxygen atoms in total. The fourth-order valence-electron chi connectivity index (χ4n) is 2.63. The van der Waals surface area contributed by atoms with Gasteiger partial charge in [-0.05, 0) is 37.8 Å². The van der Waals surface area contributed by atoms with Crippen LogP contribution in [0.3, 0.4) is 0 Å². The Morgan fingerprint density at radius 2 is 1.61 bits per heavy atom. The van der Waals surface area contributed by atoms with Crippen molar-refractivity contribution in [2.45, 2.75) is 46.6 Å². The number of hydrogen-bond acceptors (Lipinski definition) is 4. The van der Waals surface area contributed by atoms with Crippen molar-refractivity contribution in [3.05, 3.63) is 30.3 Å². The first kappa shape index (κ1) is 19.0. The summed E-state index contributed by atoms with van der Waals surface area (Å²) in [6.45, 7) is 9.73. The van der Waals surface area contributed by atoms with E-state index in [1.54, 1.807) is 12.1 Å². The van der Waals surface area contributed by atoms with Crippen molar-refractivity contribution in [3.63, 3.8) is 0 Å². The number of carbonyl (C=O) groups excluding carboxylic acids is 2. The molecule has 0 saturated heterocycles. The topological polar surface area (TPSA) is 64.6 Å². The lowest BCUT2D eigenvalue weighted by molar-refractivity contribution is -0.151. The van der Waals surface area contributed by atoms with Gasteiger partial charge in [-0.15, -0.1) is 0 Å². The van der Waals surface area contributed by atoms with Gasteiger partial charge in [0.2, 0.25) is 0 Å². The third-order valence-electron chi connectivity index (χ3n) is 2.91. The van der Waals surface area contributed by atoms with Crippen LogP contribution in [0.15, 0.2) is 30.3 Å². The summed E-state index contributed by atoms with van der Waals surface area (Å²) in [5.74, 6) is -0.301. The molecule has 23 heavy (non-hydrogen) atoms. The molecule has 0 unspecified atom stereocenters. The minimum Gasteiger partial charge on any atom is -0.482 e. The van der Waals surface area contributed by atoms with E-state index < -0.39 is 5.97 Å². The Hall–Kier alpha value is -2.04. The second-order valence-electron chi connectivity index (χ2n) is 7.43. The van der Waals surface area contributed by atoms with Gasteiger partial charge in [0.1, 0.15) is 5.75 Å². The van der Waals surface area contributed by atoms with Gasteiger partial charge in [-0.1, -0.05) is 39.0 Å². The highest BCUT2D eigenvalue weighted by Crippen LogP contribution is 2.26. The first-order chi connectivity index (χ1) is 10.6. The van der Waals surface area contributed by atoms with Gasteiger partial charge >= 0.3 is 5.97 Å². The van der Waals surface area contributed by atoms with Crippen LogP contribution in [0, 0.1) is 5.41 Å². The predicted molar refractivity (Wildman–Crippen MR) is 89.2 cm³/mol. The summed E-state index contributed by atoms with van der Waals surface area (Å²) in [6.07, 6.45) is 0.816. The zero-order chi connectivity index (χ0) is 17.5. The molecule has 5 heteroatoms. The highest BCUT2D eigenvalue weighted by Gasteiger charge is 2.27. The maximum Gasteiger partial charge on any atom is 0.344 e. The Labute approximate surface area is 138 Å². The van der Waals surface area contributed by atoms with Crippen LogP contribution >= 0.6 is 0 Å². The summed E-state index contributed by atoms with van der Waals surface area (Å²) in [5, 5.41) is 2.88. The molecule has 0 atom stereocenters. The predicted octanol–water partition coefficient (Wildman–Crippen LogP) is 2.94. The largest absolute Gasteiger partial charge is 0.482 e. The van der Waals surface area contributed by atoms with E-state index in [4.69, 9.17) is 9.47 Å². The number of nitrogens with one attached hydrogen (secondary N) is 1. The number of ether oxygens (including phenoxy) is 2. The molecule has 128 valence electrons. The molecular formula is C18H27NO4. The minimum atomic E-state index is -0.572. The number of esters is 1. The van der Waals surface area contributed by atoms with E-state index in [1.807, 2.05) is 32.0 Å². The standard InChI is InChI=1S/C18H27NO4/c1-17(2,3)13-18(4,5)19-15(20)11-23-16(21)12-22-14-9-7-6-8-10-14/h6-10H,11-13H2,1-5H3,(H,19,20). The van der Waals surface area contributed by atoms with Gasteiger partial charge in [0.25, 0.3) is 5.91 Å². The van der Waals surface area contributed by atoms with Crippen LogP contribution in [0.25, 0.3) is 0 Å². The lowest BCUT2D eigenvalue weighted by atomic mass is 9.82. The van der Waals surface area contributed by atoms with Crippen molar-refractivity contribution >= 4 is 11.9 Å². The van der Waals surface area contributed by atoms with Gasteiger partial charge in [0.05, 0.1) is 0 Å². The van der Waals surface area contributed by atoms with Crippen molar-refractivity contribution in [1.82, 2.24) is 5.32 Å². The molecular weight excluding hydrogens is 294 g/mol. The quantitative estimate of drug-likeness (QED) is 0.784. The van der Waals surface area contributed by atoms with Gasteiger partial charge in [0.15, 0.2) is 13.2 Å². The molecule has 1 amide bonds. The monoisotopic (exact) mass is 321 g/mol. The van der Waals surface area contributed by atoms with Crippen LogP contribution in [0.4, 0.5) is 0 Å². The van der Waals surface area contributed by atoms with Crippen LogP contribution in [0.5, 0.6) is 5.75 Å². The Morgan fingerprint density at radius 1 is 1.00 bits per heavy atom. The SMILES string of the molecule is CC(C)(C)CC(C)(C)NC(=O)COC(=O)COc1ccccc1. The van der Waals surface area contributed by atoms with Crippen molar-refractivity contribution in [2.24, 2.45) is 5.41 Å². The molecule has 1 N–H and O–H groups in total. The molecule has 0 saturated carbocycles. The number of para-hydroxylation sites is 1. The molecule has 0 aliphatic heterocycles. The zero-order valence-electron chi connectivity index (χ0n) is 14.6. The number of carbonyl (C=O) groups is 2. The fourth-order valence-corrected chi connectivity index (χ4v) is 2.63. The van der Waals surface area contributed by atoms with Gasteiger partial charge in [-0.3, -0.25) is 4.79 Å². The lowest BCUT2D eigenvalue weighted by Crippen LogP contribution is -2.47.